The van der Waals surface area contributed by atoms with Crippen LogP contribution in [0, 0.1) is 0 Å². The lowest BCUT2D eigenvalue weighted by atomic mass is 10.2. The second-order valence-corrected chi connectivity index (χ2v) is 5.42. The van der Waals surface area contributed by atoms with E-state index >= 15 is 0 Å². The van der Waals surface area contributed by atoms with Crippen LogP contribution in [0.15, 0.2) is 73.1 Å². The molecule has 1 aromatic carbocycles. The van der Waals surface area contributed by atoms with E-state index in [1.54, 1.807) is 0 Å². The number of hydrogen-bond donors (Lipinski definition) is 1. The van der Waals surface area contributed by atoms with E-state index in [2.05, 4.69) is 45.2 Å². The summed E-state index contributed by atoms with van der Waals surface area (Å²) >= 11 is 0. The zero-order valence-electron chi connectivity index (χ0n) is 13.0. The Morgan fingerprint density at radius 1 is 0.870 bits per heavy atom. The van der Waals surface area contributed by atoms with Crippen molar-refractivity contribution in [3.63, 3.8) is 0 Å². The molecule has 2 aromatic heterocycles. The quantitative estimate of drug-likeness (QED) is 0.759. The maximum absolute atomic E-state index is 5.70. The Morgan fingerprint density at radius 3 is 2.39 bits per heavy atom. The highest BCUT2D eigenvalue weighted by Gasteiger charge is 2.08. The van der Waals surface area contributed by atoms with Crippen LogP contribution < -0.4 is 10.6 Å². The van der Waals surface area contributed by atoms with Crippen molar-refractivity contribution in [3.8, 4) is 0 Å². The molecular formula is C19H20N4. The van der Waals surface area contributed by atoms with Gasteiger partial charge in [-0.05, 0) is 29.8 Å². The standard InChI is InChI=1S/C19H20N4/c20-19-10-9-18(14-22-19)23(15-16-6-2-1-3-7-16)13-11-17-8-4-5-12-21-17/h1-10,12,14H,11,13,15H2,(H2,20,22). The fraction of sp³-hybridized carbons (Fsp3) is 0.158. The highest BCUT2D eigenvalue weighted by Crippen LogP contribution is 2.17. The Balaban J connectivity index is 1.76. The van der Waals surface area contributed by atoms with Gasteiger partial charge in [-0.2, -0.15) is 0 Å². The van der Waals surface area contributed by atoms with Crippen molar-refractivity contribution < 1.29 is 0 Å². The van der Waals surface area contributed by atoms with Gasteiger partial charge >= 0.3 is 0 Å². The van der Waals surface area contributed by atoms with E-state index in [0.29, 0.717) is 5.82 Å². The molecule has 2 heterocycles. The Bertz CT molecular complexity index is 711. The van der Waals surface area contributed by atoms with Gasteiger partial charge in [-0.1, -0.05) is 36.4 Å². The summed E-state index contributed by atoms with van der Waals surface area (Å²) in [6, 6.07) is 20.3. The van der Waals surface area contributed by atoms with E-state index in [-0.39, 0.29) is 0 Å². The van der Waals surface area contributed by atoms with Crippen molar-refractivity contribution in [2.24, 2.45) is 0 Å². The van der Waals surface area contributed by atoms with Gasteiger partial charge in [-0.15, -0.1) is 0 Å². The second-order valence-electron chi connectivity index (χ2n) is 5.42. The third-order valence-corrected chi connectivity index (χ3v) is 3.72. The first-order valence-electron chi connectivity index (χ1n) is 7.71. The summed E-state index contributed by atoms with van der Waals surface area (Å²) in [5.74, 6) is 0.540. The molecule has 3 aromatic rings. The molecule has 0 spiro atoms. The lowest BCUT2D eigenvalue weighted by Gasteiger charge is -2.24. The van der Waals surface area contributed by atoms with Gasteiger partial charge in [0.25, 0.3) is 0 Å². The lowest BCUT2D eigenvalue weighted by molar-refractivity contribution is 0.769. The van der Waals surface area contributed by atoms with Gasteiger partial charge in [-0.3, -0.25) is 4.98 Å². The minimum Gasteiger partial charge on any atom is -0.384 e. The summed E-state index contributed by atoms with van der Waals surface area (Å²) in [6.45, 7) is 1.71. The highest BCUT2D eigenvalue weighted by molar-refractivity contribution is 5.48. The van der Waals surface area contributed by atoms with Gasteiger partial charge in [0.05, 0.1) is 11.9 Å². The topological polar surface area (TPSA) is 55.0 Å². The summed E-state index contributed by atoms with van der Waals surface area (Å²) in [5, 5.41) is 0. The number of nitrogens with two attached hydrogens (primary N) is 1. The van der Waals surface area contributed by atoms with Gasteiger partial charge in [0.15, 0.2) is 0 Å². The molecule has 3 rings (SSSR count). The molecule has 2 N–H and O–H groups in total. The molecule has 0 radical (unpaired) electrons. The molecule has 23 heavy (non-hydrogen) atoms. The first-order valence-corrected chi connectivity index (χ1v) is 7.71. The highest BCUT2D eigenvalue weighted by atomic mass is 15.1. The number of benzene rings is 1. The maximum atomic E-state index is 5.70. The number of hydrogen-bond acceptors (Lipinski definition) is 4. The second kappa shape index (κ2) is 7.40. The van der Waals surface area contributed by atoms with Crippen molar-refractivity contribution in [3.05, 3.63) is 84.3 Å². The molecule has 0 fully saturated rings. The summed E-state index contributed by atoms with van der Waals surface area (Å²) in [6.07, 6.45) is 4.55. The van der Waals surface area contributed by atoms with E-state index in [9.17, 15) is 0 Å². The molecule has 0 saturated carbocycles. The summed E-state index contributed by atoms with van der Waals surface area (Å²) < 4.78 is 0. The third-order valence-electron chi connectivity index (χ3n) is 3.72. The molecule has 116 valence electrons. The Labute approximate surface area is 136 Å². The zero-order chi connectivity index (χ0) is 15.9. The van der Waals surface area contributed by atoms with Crippen LogP contribution in [-0.2, 0) is 13.0 Å². The van der Waals surface area contributed by atoms with E-state index in [0.717, 1.165) is 30.9 Å². The molecular weight excluding hydrogens is 284 g/mol. The Kier molecular flexibility index (Phi) is 4.84. The molecule has 0 unspecified atom stereocenters. The number of anilines is 2. The minimum absolute atomic E-state index is 0.540. The first kappa shape index (κ1) is 15.0. The number of rotatable bonds is 6. The Hall–Kier alpha value is -2.88. The summed E-state index contributed by atoms with van der Waals surface area (Å²) in [5.41, 5.74) is 9.13. The van der Waals surface area contributed by atoms with Crippen LogP contribution >= 0.6 is 0 Å². The van der Waals surface area contributed by atoms with Crippen molar-refractivity contribution in [1.82, 2.24) is 9.97 Å². The van der Waals surface area contributed by atoms with Crippen LogP contribution in [0.3, 0.4) is 0 Å². The molecule has 0 aliphatic heterocycles. The summed E-state index contributed by atoms with van der Waals surface area (Å²) in [4.78, 5) is 10.9. The van der Waals surface area contributed by atoms with Crippen molar-refractivity contribution in [2.75, 3.05) is 17.2 Å². The molecule has 0 atom stereocenters. The van der Waals surface area contributed by atoms with E-state index < -0.39 is 0 Å². The number of pyridine rings is 2. The smallest absolute Gasteiger partial charge is 0.123 e. The number of aromatic nitrogens is 2. The molecule has 0 bridgehead atoms. The zero-order valence-corrected chi connectivity index (χ0v) is 13.0. The van der Waals surface area contributed by atoms with Gasteiger partial charge in [0, 0.05) is 31.4 Å². The first-order chi connectivity index (χ1) is 11.3. The van der Waals surface area contributed by atoms with Crippen LogP contribution in [0.1, 0.15) is 11.3 Å². The van der Waals surface area contributed by atoms with Gasteiger partial charge in [0.2, 0.25) is 0 Å². The van der Waals surface area contributed by atoms with Crippen LogP contribution in [0.2, 0.25) is 0 Å². The van der Waals surface area contributed by atoms with Crippen LogP contribution in [0.25, 0.3) is 0 Å². The van der Waals surface area contributed by atoms with Crippen LogP contribution in [-0.4, -0.2) is 16.5 Å². The van der Waals surface area contributed by atoms with E-state index in [1.807, 2.05) is 42.7 Å². The van der Waals surface area contributed by atoms with Crippen LogP contribution in [0.4, 0.5) is 11.5 Å². The molecule has 4 nitrogen and oxygen atoms in total. The van der Waals surface area contributed by atoms with Gasteiger partial charge in [0.1, 0.15) is 5.82 Å². The SMILES string of the molecule is Nc1ccc(N(CCc2ccccn2)Cc2ccccc2)cn1. The average molecular weight is 304 g/mol. The normalized spacial score (nSPS) is 10.4. The predicted molar refractivity (Wildman–Crippen MR) is 94.1 cm³/mol. The largest absolute Gasteiger partial charge is 0.384 e. The molecule has 4 heteroatoms. The summed E-state index contributed by atoms with van der Waals surface area (Å²) in [7, 11) is 0. The number of nitrogens with zero attached hydrogens (tertiary/aromatic N) is 3. The van der Waals surface area contributed by atoms with Gasteiger partial charge in [-0.25, -0.2) is 4.98 Å². The third kappa shape index (κ3) is 4.30. The lowest BCUT2D eigenvalue weighted by Crippen LogP contribution is -2.25. The molecule has 0 aliphatic carbocycles. The van der Waals surface area contributed by atoms with Crippen molar-refractivity contribution in [2.45, 2.75) is 13.0 Å². The molecule has 0 amide bonds. The van der Waals surface area contributed by atoms with Gasteiger partial charge < -0.3 is 10.6 Å². The average Bonchev–Trinajstić information content (AvgIpc) is 2.61. The monoisotopic (exact) mass is 304 g/mol. The minimum atomic E-state index is 0.540. The maximum Gasteiger partial charge on any atom is 0.123 e. The van der Waals surface area contributed by atoms with Crippen molar-refractivity contribution >= 4 is 11.5 Å². The molecule has 0 saturated heterocycles. The van der Waals surface area contributed by atoms with Crippen molar-refractivity contribution in [1.29, 1.82) is 0 Å². The van der Waals surface area contributed by atoms with E-state index in [1.165, 1.54) is 5.56 Å². The van der Waals surface area contributed by atoms with E-state index in [4.69, 9.17) is 5.73 Å². The molecule has 0 aliphatic rings. The fourth-order valence-electron chi connectivity index (χ4n) is 2.48. The fourth-order valence-corrected chi connectivity index (χ4v) is 2.48. The predicted octanol–water partition coefficient (Wildman–Crippen LogP) is 3.31. The number of nitrogen functional groups attached to an aromatic ring is 1. The Morgan fingerprint density at radius 2 is 1.70 bits per heavy atom. The van der Waals surface area contributed by atoms with Crippen LogP contribution in [0.5, 0.6) is 0 Å².